The van der Waals surface area contributed by atoms with Crippen LogP contribution in [-0.2, 0) is 17.9 Å². The fourth-order valence-electron chi connectivity index (χ4n) is 3.16. The maximum Gasteiger partial charge on any atom is 0.278 e. The zero-order chi connectivity index (χ0) is 18.2. The summed E-state index contributed by atoms with van der Waals surface area (Å²) in [5.41, 5.74) is 2.69. The molecule has 5 rings (SSSR count). The molecule has 3 aromatic heterocycles. The van der Waals surface area contributed by atoms with Crippen LogP contribution in [0, 0.1) is 5.82 Å². The van der Waals surface area contributed by atoms with Crippen LogP contribution in [-0.4, -0.2) is 24.7 Å². The van der Waals surface area contributed by atoms with E-state index in [1.165, 1.54) is 6.07 Å². The Labute approximate surface area is 153 Å². The summed E-state index contributed by atoms with van der Waals surface area (Å²) < 4.78 is 27.2. The summed E-state index contributed by atoms with van der Waals surface area (Å²) in [6.45, 7) is 0.742. The lowest BCUT2D eigenvalue weighted by atomic mass is 10.1. The fourth-order valence-corrected chi connectivity index (χ4v) is 3.16. The van der Waals surface area contributed by atoms with Crippen LogP contribution in [0.15, 0.2) is 59.6 Å². The first kappa shape index (κ1) is 15.8. The van der Waals surface area contributed by atoms with Crippen molar-refractivity contribution in [3.05, 3.63) is 72.2 Å². The Balaban J connectivity index is 1.44. The van der Waals surface area contributed by atoms with Gasteiger partial charge in [-0.25, -0.2) is 9.37 Å². The summed E-state index contributed by atoms with van der Waals surface area (Å²) in [4.78, 5) is 12.9. The Morgan fingerprint density at radius 2 is 2.07 bits per heavy atom. The van der Waals surface area contributed by atoms with Crippen molar-refractivity contribution in [1.29, 1.82) is 0 Å². The number of fused-ring (bicyclic) bond motifs is 1. The zero-order valence-corrected chi connectivity index (χ0v) is 14.1. The Kier molecular flexibility index (Phi) is 3.75. The van der Waals surface area contributed by atoms with Crippen molar-refractivity contribution in [2.45, 2.75) is 19.3 Å². The highest BCUT2D eigenvalue weighted by atomic mass is 19.1. The number of benzene rings is 1. The number of ether oxygens (including phenoxy) is 1. The Morgan fingerprint density at radius 3 is 2.93 bits per heavy atom. The number of hydrogen-bond acceptors (Lipinski definition) is 6. The predicted molar refractivity (Wildman–Crippen MR) is 92.7 cm³/mol. The second-order valence-corrected chi connectivity index (χ2v) is 6.18. The van der Waals surface area contributed by atoms with Gasteiger partial charge in [-0.2, -0.15) is 4.98 Å². The molecule has 1 unspecified atom stereocenters. The van der Waals surface area contributed by atoms with Gasteiger partial charge in [0.2, 0.25) is 5.82 Å². The molecule has 1 aliphatic rings. The lowest BCUT2D eigenvalue weighted by Crippen LogP contribution is -2.21. The molecule has 4 aromatic rings. The van der Waals surface area contributed by atoms with E-state index in [0.29, 0.717) is 29.5 Å². The van der Waals surface area contributed by atoms with Gasteiger partial charge in [0.25, 0.3) is 5.89 Å². The zero-order valence-electron chi connectivity index (χ0n) is 14.1. The minimum absolute atomic E-state index is 0.274. The molecule has 1 aromatic carbocycles. The van der Waals surface area contributed by atoms with Crippen molar-refractivity contribution >= 4 is 0 Å². The highest BCUT2D eigenvalue weighted by molar-refractivity contribution is 5.58. The topological polar surface area (TPSA) is 78.9 Å². The summed E-state index contributed by atoms with van der Waals surface area (Å²) in [5.74, 6) is 0.487. The molecule has 1 atom stereocenters. The summed E-state index contributed by atoms with van der Waals surface area (Å²) >= 11 is 0. The average Bonchev–Trinajstić information content (AvgIpc) is 3.35. The van der Waals surface area contributed by atoms with Crippen LogP contribution in [0.2, 0.25) is 0 Å². The van der Waals surface area contributed by atoms with Gasteiger partial charge in [-0.15, -0.1) is 0 Å². The molecule has 27 heavy (non-hydrogen) atoms. The highest BCUT2D eigenvalue weighted by Gasteiger charge is 2.27. The SMILES string of the molecule is Fc1ccccc1C1Cn2cnc(-c3nc(-c4cccnc4)no3)c2CO1. The summed E-state index contributed by atoms with van der Waals surface area (Å²) in [7, 11) is 0. The van der Waals surface area contributed by atoms with E-state index >= 15 is 0 Å². The minimum Gasteiger partial charge on any atom is -0.365 e. The van der Waals surface area contributed by atoms with Gasteiger partial charge in [-0.05, 0) is 18.2 Å². The maximum atomic E-state index is 14.0. The van der Waals surface area contributed by atoms with Gasteiger partial charge in [-0.3, -0.25) is 4.98 Å². The van der Waals surface area contributed by atoms with Crippen LogP contribution in [0.1, 0.15) is 17.4 Å². The van der Waals surface area contributed by atoms with Crippen molar-refractivity contribution < 1.29 is 13.7 Å². The Morgan fingerprint density at radius 1 is 1.15 bits per heavy atom. The van der Waals surface area contributed by atoms with E-state index in [1.54, 1.807) is 43.0 Å². The van der Waals surface area contributed by atoms with Crippen molar-refractivity contribution in [1.82, 2.24) is 24.7 Å². The van der Waals surface area contributed by atoms with E-state index in [4.69, 9.17) is 9.26 Å². The van der Waals surface area contributed by atoms with Crippen LogP contribution in [0.3, 0.4) is 0 Å². The first-order valence-corrected chi connectivity index (χ1v) is 8.44. The molecule has 0 radical (unpaired) electrons. The quantitative estimate of drug-likeness (QED) is 0.555. The van der Waals surface area contributed by atoms with Crippen molar-refractivity contribution in [3.8, 4) is 23.0 Å². The largest absolute Gasteiger partial charge is 0.365 e. The van der Waals surface area contributed by atoms with Gasteiger partial charge in [0.05, 0.1) is 25.2 Å². The smallest absolute Gasteiger partial charge is 0.278 e. The molecule has 0 saturated heterocycles. The third kappa shape index (κ3) is 2.80. The van der Waals surface area contributed by atoms with E-state index in [1.807, 2.05) is 10.6 Å². The molecule has 0 saturated carbocycles. The molecule has 134 valence electrons. The summed E-state index contributed by atoms with van der Waals surface area (Å²) in [6.07, 6.45) is 4.67. The number of rotatable bonds is 3. The molecule has 0 bridgehead atoms. The van der Waals surface area contributed by atoms with Gasteiger partial charge >= 0.3 is 0 Å². The monoisotopic (exact) mass is 363 g/mol. The minimum atomic E-state index is -0.366. The lowest BCUT2D eigenvalue weighted by molar-refractivity contribution is 0.00126. The molecular weight excluding hydrogens is 349 g/mol. The highest BCUT2D eigenvalue weighted by Crippen LogP contribution is 2.32. The third-order valence-electron chi connectivity index (χ3n) is 4.53. The Hall–Kier alpha value is -3.39. The van der Waals surface area contributed by atoms with Crippen LogP contribution in [0.5, 0.6) is 0 Å². The molecule has 7 nitrogen and oxygen atoms in total. The van der Waals surface area contributed by atoms with Crippen LogP contribution in [0.25, 0.3) is 23.0 Å². The lowest BCUT2D eigenvalue weighted by Gasteiger charge is -2.25. The number of pyridine rings is 1. The second kappa shape index (κ2) is 6.40. The van der Waals surface area contributed by atoms with Crippen LogP contribution in [0.4, 0.5) is 4.39 Å². The van der Waals surface area contributed by atoms with E-state index < -0.39 is 0 Å². The molecule has 8 heteroatoms. The molecule has 0 spiro atoms. The number of imidazole rings is 1. The summed E-state index contributed by atoms with van der Waals surface area (Å²) in [5, 5.41) is 4.00. The van der Waals surface area contributed by atoms with Gasteiger partial charge in [0.1, 0.15) is 11.9 Å². The van der Waals surface area contributed by atoms with Crippen molar-refractivity contribution in [2.75, 3.05) is 0 Å². The first-order chi connectivity index (χ1) is 13.3. The summed E-state index contributed by atoms with van der Waals surface area (Å²) in [6, 6.07) is 10.3. The van der Waals surface area contributed by atoms with E-state index in [0.717, 1.165) is 11.3 Å². The van der Waals surface area contributed by atoms with Gasteiger partial charge in [0, 0.05) is 23.5 Å². The third-order valence-corrected chi connectivity index (χ3v) is 4.53. The van der Waals surface area contributed by atoms with Crippen molar-refractivity contribution in [3.63, 3.8) is 0 Å². The van der Waals surface area contributed by atoms with Gasteiger partial charge < -0.3 is 13.8 Å². The first-order valence-electron chi connectivity index (χ1n) is 8.44. The predicted octanol–water partition coefficient (Wildman–Crippen LogP) is 3.41. The number of aromatic nitrogens is 5. The molecule has 0 aliphatic carbocycles. The van der Waals surface area contributed by atoms with E-state index in [9.17, 15) is 4.39 Å². The Bertz CT molecular complexity index is 1090. The van der Waals surface area contributed by atoms with Crippen LogP contribution < -0.4 is 0 Å². The number of halogens is 1. The number of nitrogens with zero attached hydrogens (tertiary/aromatic N) is 5. The molecular formula is C19H14FN5O2. The molecule has 0 N–H and O–H groups in total. The van der Waals surface area contributed by atoms with Gasteiger partial charge in [-0.1, -0.05) is 23.4 Å². The van der Waals surface area contributed by atoms with Crippen molar-refractivity contribution in [2.24, 2.45) is 0 Å². The molecule has 4 heterocycles. The van der Waals surface area contributed by atoms with Gasteiger partial charge in [0.15, 0.2) is 5.69 Å². The maximum absolute atomic E-state index is 14.0. The standard InChI is InChI=1S/C19H14FN5O2/c20-14-6-2-1-5-13(14)16-9-25-11-22-17(15(25)10-26-16)19-23-18(24-27-19)12-4-3-7-21-8-12/h1-8,11,16H,9-10H2. The molecule has 1 aliphatic heterocycles. The molecule has 0 amide bonds. The average molecular weight is 363 g/mol. The fraction of sp³-hybridized carbons (Fsp3) is 0.158. The molecule has 0 fully saturated rings. The second-order valence-electron chi connectivity index (χ2n) is 6.18. The van der Waals surface area contributed by atoms with E-state index in [2.05, 4.69) is 20.1 Å². The van der Waals surface area contributed by atoms with E-state index in [-0.39, 0.29) is 18.5 Å². The number of hydrogen-bond donors (Lipinski definition) is 0. The normalized spacial score (nSPS) is 16.3. The van der Waals surface area contributed by atoms with Crippen LogP contribution >= 0.6 is 0 Å².